The van der Waals surface area contributed by atoms with Crippen molar-refractivity contribution in [3.05, 3.63) is 58.6 Å². The maximum Gasteiger partial charge on any atom is 0.255 e. The molecule has 19 heavy (non-hydrogen) atoms. The third-order valence-electron chi connectivity index (χ3n) is 2.77. The van der Waals surface area contributed by atoms with E-state index in [0.29, 0.717) is 16.3 Å². The van der Waals surface area contributed by atoms with E-state index in [1.54, 1.807) is 43.5 Å². The molecule has 0 unspecified atom stereocenters. The van der Waals surface area contributed by atoms with Crippen LogP contribution in [0.4, 0.5) is 5.69 Å². The smallest absolute Gasteiger partial charge is 0.255 e. The van der Waals surface area contributed by atoms with Crippen molar-refractivity contribution in [1.82, 2.24) is 0 Å². The van der Waals surface area contributed by atoms with Crippen LogP contribution in [0, 0.1) is 6.92 Å². The summed E-state index contributed by atoms with van der Waals surface area (Å²) in [7, 11) is 1.57. The van der Waals surface area contributed by atoms with E-state index in [-0.39, 0.29) is 5.91 Å². The fraction of sp³-hybridized carbons (Fsp3) is 0.133. The van der Waals surface area contributed by atoms with Crippen molar-refractivity contribution in [2.75, 3.05) is 12.4 Å². The average molecular weight is 276 g/mol. The van der Waals surface area contributed by atoms with Gasteiger partial charge < -0.3 is 10.1 Å². The number of carbonyl (C=O) groups is 1. The van der Waals surface area contributed by atoms with Crippen molar-refractivity contribution in [1.29, 1.82) is 0 Å². The van der Waals surface area contributed by atoms with Crippen LogP contribution in [0.5, 0.6) is 5.75 Å². The van der Waals surface area contributed by atoms with Gasteiger partial charge in [0.05, 0.1) is 7.11 Å². The number of amides is 1. The first kappa shape index (κ1) is 13.4. The first-order chi connectivity index (χ1) is 9.10. The number of benzene rings is 2. The number of hydrogen-bond acceptors (Lipinski definition) is 2. The van der Waals surface area contributed by atoms with Gasteiger partial charge in [-0.15, -0.1) is 0 Å². The molecule has 0 bridgehead atoms. The van der Waals surface area contributed by atoms with Gasteiger partial charge in [-0.25, -0.2) is 0 Å². The molecule has 0 aliphatic heterocycles. The molecule has 0 radical (unpaired) electrons. The maximum absolute atomic E-state index is 12.1. The molecule has 0 saturated carbocycles. The fourth-order valence-electron chi connectivity index (χ4n) is 1.73. The third-order valence-corrected chi connectivity index (χ3v) is 3.00. The molecule has 0 aliphatic carbocycles. The number of anilines is 1. The van der Waals surface area contributed by atoms with Crippen molar-refractivity contribution in [3.63, 3.8) is 0 Å². The molecule has 0 spiro atoms. The van der Waals surface area contributed by atoms with Crippen molar-refractivity contribution < 1.29 is 9.53 Å². The Morgan fingerprint density at radius 3 is 2.68 bits per heavy atom. The van der Waals surface area contributed by atoms with Crippen molar-refractivity contribution in [2.45, 2.75) is 6.92 Å². The Bertz CT molecular complexity index is 611. The Morgan fingerprint density at radius 2 is 2.00 bits per heavy atom. The van der Waals surface area contributed by atoms with Crippen molar-refractivity contribution >= 4 is 23.2 Å². The lowest BCUT2D eigenvalue weighted by Gasteiger charge is -2.09. The van der Waals surface area contributed by atoms with Gasteiger partial charge in [0.15, 0.2) is 0 Å². The molecule has 0 aromatic heterocycles. The van der Waals surface area contributed by atoms with Crippen LogP contribution in [0.2, 0.25) is 5.02 Å². The predicted octanol–water partition coefficient (Wildman–Crippen LogP) is 3.91. The van der Waals surface area contributed by atoms with Gasteiger partial charge in [-0.1, -0.05) is 17.7 Å². The lowest BCUT2D eigenvalue weighted by molar-refractivity contribution is 0.102. The molecule has 0 heterocycles. The van der Waals surface area contributed by atoms with Crippen molar-refractivity contribution in [3.8, 4) is 5.75 Å². The highest BCUT2D eigenvalue weighted by Crippen LogP contribution is 2.21. The molecule has 98 valence electrons. The summed E-state index contributed by atoms with van der Waals surface area (Å²) in [5.41, 5.74) is 2.22. The minimum absolute atomic E-state index is 0.177. The Balaban J connectivity index is 2.20. The molecule has 4 heteroatoms. The predicted molar refractivity (Wildman–Crippen MR) is 77.1 cm³/mol. The van der Waals surface area contributed by atoms with Crippen LogP contribution < -0.4 is 10.1 Å². The van der Waals surface area contributed by atoms with Crippen LogP contribution in [-0.4, -0.2) is 13.0 Å². The number of halogens is 1. The summed E-state index contributed by atoms with van der Waals surface area (Å²) in [6.45, 7) is 1.90. The van der Waals surface area contributed by atoms with Gasteiger partial charge in [-0.3, -0.25) is 4.79 Å². The summed E-state index contributed by atoms with van der Waals surface area (Å²) in [6.07, 6.45) is 0. The molecule has 0 fully saturated rings. The number of aryl methyl sites for hydroxylation is 1. The Labute approximate surface area is 117 Å². The Hall–Kier alpha value is -2.00. The standard InChI is InChI=1S/C15H14ClNO2/c1-10-8-12(16)6-7-14(10)17-15(18)11-4-3-5-13(9-11)19-2/h3-9H,1-2H3,(H,17,18). The van der Waals surface area contributed by atoms with Crippen LogP contribution in [-0.2, 0) is 0 Å². The van der Waals surface area contributed by atoms with Gasteiger partial charge in [0, 0.05) is 16.3 Å². The first-order valence-corrected chi connectivity index (χ1v) is 6.19. The molecule has 0 saturated heterocycles. The zero-order chi connectivity index (χ0) is 13.8. The van der Waals surface area contributed by atoms with E-state index >= 15 is 0 Å². The number of nitrogens with one attached hydrogen (secondary N) is 1. The van der Waals surface area contributed by atoms with E-state index in [1.165, 1.54) is 0 Å². The fourth-order valence-corrected chi connectivity index (χ4v) is 1.95. The summed E-state index contributed by atoms with van der Waals surface area (Å²) in [5.74, 6) is 0.477. The number of rotatable bonds is 3. The summed E-state index contributed by atoms with van der Waals surface area (Å²) in [5, 5.41) is 3.50. The molecular formula is C15H14ClNO2. The molecule has 2 rings (SSSR count). The van der Waals surface area contributed by atoms with Gasteiger partial charge >= 0.3 is 0 Å². The second kappa shape index (κ2) is 5.76. The number of hydrogen-bond donors (Lipinski definition) is 1. The number of methoxy groups -OCH3 is 1. The second-order valence-corrected chi connectivity index (χ2v) is 4.58. The summed E-state index contributed by atoms with van der Waals surface area (Å²) in [6, 6.07) is 12.4. The molecule has 3 nitrogen and oxygen atoms in total. The average Bonchev–Trinajstić information content (AvgIpc) is 2.42. The van der Waals surface area contributed by atoms with Crippen LogP contribution in [0.15, 0.2) is 42.5 Å². The molecular weight excluding hydrogens is 262 g/mol. The quantitative estimate of drug-likeness (QED) is 0.922. The number of carbonyl (C=O) groups excluding carboxylic acids is 1. The summed E-state index contributed by atoms with van der Waals surface area (Å²) >= 11 is 5.88. The van der Waals surface area contributed by atoms with Gasteiger partial charge in [-0.05, 0) is 48.9 Å². The van der Waals surface area contributed by atoms with Crippen LogP contribution in [0.1, 0.15) is 15.9 Å². The first-order valence-electron chi connectivity index (χ1n) is 5.81. The molecule has 0 aliphatic rings. The lowest BCUT2D eigenvalue weighted by atomic mass is 10.1. The Morgan fingerprint density at radius 1 is 1.21 bits per heavy atom. The maximum atomic E-state index is 12.1. The second-order valence-electron chi connectivity index (χ2n) is 4.15. The monoisotopic (exact) mass is 275 g/mol. The van der Waals surface area contributed by atoms with Gasteiger partial charge in [0.25, 0.3) is 5.91 Å². The molecule has 1 amide bonds. The minimum Gasteiger partial charge on any atom is -0.497 e. The summed E-state index contributed by atoms with van der Waals surface area (Å²) in [4.78, 5) is 12.1. The van der Waals surface area contributed by atoms with E-state index in [9.17, 15) is 4.79 Å². The molecule has 1 N–H and O–H groups in total. The summed E-state index contributed by atoms with van der Waals surface area (Å²) < 4.78 is 5.10. The lowest BCUT2D eigenvalue weighted by Crippen LogP contribution is -2.12. The highest BCUT2D eigenvalue weighted by molar-refractivity contribution is 6.30. The topological polar surface area (TPSA) is 38.3 Å². The van der Waals surface area contributed by atoms with Gasteiger partial charge in [0.1, 0.15) is 5.75 Å². The normalized spacial score (nSPS) is 10.1. The molecule has 2 aromatic carbocycles. The zero-order valence-electron chi connectivity index (χ0n) is 10.7. The van der Waals surface area contributed by atoms with E-state index in [0.717, 1.165) is 11.3 Å². The van der Waals surface area contributed by atoms with Crippen LogP contribution in [0.25, 0.3) is 0 Å². The molecule has 0 atom stereocenters. The zero-order valence-corrected chi connectivity index (χ0v) is 11.5. The minimum atomic E-state index is -0.177. The Kier molecular flexibility index (Phi) is 4.07. The SMILES string of the molecule is COc1cccc(C(=O)Nc2ccc(Cl)cc2C)c1. The van der Waals surface area contributed by atoms with Gasteiger partial charge in [0.2, 0.25) is 0 Å². The van der Waals surface area contributed by atoms with E-state index in [1.807, 2.05) is 13.0 Å². The van der Waals surface area contributed by atoms with Crippen molar-refractivity contribution in [2.24, 2.45) is 0 Å². The largest absolute Gasteiger partial charge is 0.497 e. The van der Waals surface area contributed by atoms with Gasteiger partial charge in [-0.2, -0.15) is 0 Å². The van der Waals surface area contributed by atoms with E-state index in [2.05, 4.69) is 5.32 Å². The third kappa shape index (κ3) is 3.26. The van der Waals surface area contributed by atoms with E-state index in [4.69, 9.17) is 16.3 Å². The van der Waals surface area contributed by atoms with E-state index < -0.39 is 0 Å². The van der Waals surface area contributed by atoms with Crippen LogP contribution >= 0.6 is 11.6 Å². The number of ether oxygens (including phenoxy) is 1. The molecule has 2 aromatic rings. The highest BCUT2D eigenvalue weighted by atomic mass is 35.5. The van der Waals surface area contributed by atoms with Crippen LogP contribution in [0.3, 0.4) is 0 Å². The highest BCUT2D eigenvalue weighted by Gasteiger charge is 2.08.